The highest BCUT2D eigenvalue weighted by molar-refractivity contribution is 9.10. The van der Waals surface area contributed by atoms with Crippen molar-refractivity contribution in [3.8, 4) is 0 Å². The number of nitrogens with zero attached hydrogens (tertiary/aromatic N) is 1. The van der Waals surface area contributed by atoms with Crippen molar-refractivity contribution in [1.29, 1.82) is 0 Å². The van der Waals surface area contributed by atoms with E-state index in [1.165, 1.54) is 4.90 Å². The molecule has 1 unspecified atom stereocenters. The molecular formula is C12H11BrFNO4. The van der Waals surface area contributed by atoms with E-state index in [2.05, 4.69) is 15.9 Å². The summed E-state index contributed by atoms with van der Waals surface area (Å²) >= 11 is 2.92. The first-order chi connectivity index (χ1) is 8.93. The van der Waals surface area contributed by atoms with E-state index in [0.29, 0.717) is 0 Å². The van der Waals surface area contributed by atoms with E-state index in [-0.39, 0.29) is 47.1 Å². The van der Waals surface area contributed by atoms with Gasteiger partial charge in [-0.25, -0.2) is 9.18 Å². The van der Waals surface area contributed by atoms with E-state index in [1.54, 1.807) is 0 Å². The number of carboxylic acid groups (broad SMARTS) is 1. The second-order valence-corrected chi connectivity index (χ2v) is 5.20. The number of hydrogen-bond acceptors (Lipinski definition) is 3. The van der Waals surface area contributed by atoms with Crippen LogP contribution in [0.15, 0.2) is 16.6 Å². The Hall–Kier alpha value is -1.47. The van der Waals surface area contributed by atoms with Crippen LogP contribution in [-0.2, 0) is 4.79 Å². The van der Waals surface area contributed by atoms with E-state index in [0.717, 1.165) is 12.1 Å². The summed E-state index contributed by atoms with van der Waals surface area (Å²) in [5.74, 6) is -2.44. The molecule has 19 heavy (non-hydrogen) atoms. The number of anilines is 1. The molecule has 0 bridgehead atoms. The highest BCUT2D eigenvalue weighted by atomic mass is 79.9. The molecule has 1 aromatic carbocycles. The van der Waals surface area contributed by atoms with Crippen molar-refractivity contribution >= 4 is 33.5 Å². The van der Waals surface area contributed by atoms with Crippen molar-refractivity contribution in [1.82, 2.24) is 0 Å². The van der Waals surface area contributed by atoms with Gasteiger partial charge in [0.25, 0.3) is 0 Å². The molecule has 0 aliphatic carbocycles. The topological polar surface area (TPSA) is 77.8 Å². The van der Waals surface area contributed by atoms with Gasteiger partial charge in [0.1, 0.15) is 5.82 Å². The number of aromatic carboxylic acids is 1. The van der Waals surface area contributed by atoms with E-state index < -0.39 is 11.8 Å². The van der Waals surface area contributed by atoms with Gasteiger partial charge in [0.15, 0.2) is 0 Å². The predicted molar refractivity (Wildman–Crippen MR) is 68.6 cm³/mol. The summed E-state index contributed by atoms with van der Waals surface area (Å²) < 4.78 is 13.6. The van der Waals surface area contributed by atoms with Gasteiger partial charge in [0.2, 0.25) is 5.91 Å². The number of aliphatic hydroxyl groups excluding tert-OH is 1. The number of hydrogen-bond donors (Lipinski definition) is 2. The molecule has 102 valence electrons. The molecule has 1 saturated heterocycles. The molecule has 1 amide bonds. The molecule has 2 N–H and O–H groups in total. The lowest BCUT2D eigenvalue weighted by Gasteiger charge is -2.19. The van der Waals surface area contributed by atoms with Crippen LogP contribution in [0.25, 0.3) is 0 Å². The minimum Gasteiger partial charge on any atom is -0.478 e. The summed E-state index contributed by atoms with van der Waals surface area (Å²) in [5.41, 5.74) is -0.130. The fourth-order valence-corrected chi connectivity index (χ4v) is 2.41. The second kappa shape index (κ2) is 5.26. The summed E-state index contributed by atoms with van der Waals surface area (Å²) in [6.45, 7) is 0.0281. The summed E-state index contributed by atoms with van der Waals surface area (Å²) in [7, 11) is 0. The second-order valence-electron chi connectivity index (χ2n) is 4.35. The minimum absolute atomic E-state index is 0.0224. The van der Waals surface area contributed by atoms with Crippen LogP contribution in [0.4, 0.5) is 10.1 Å². The van der Waals surface area contributed by atoms with Gasteiger partial charge >= 0.3 is 5.97 Å². The lowest BCUT2D eigenvalue weighted by molar-refractivity contribution is -0.117. The maximum atomic E-state index is 13.6. The Morgan fingerprint density at radius 3 is 2.74 bits per heavy atom. The molecular weight excluding hydrogens is 321 g/mol. The molecule has 1 aliphatic heterocycles. The Balaban J connectivity index is 2.47. The van der Waals surface area contributed by atoms with Gasteiger partial charge in [-0.3, -0.25) is 4.79 Å². The number of carboxylic acids is 1. The molecule has 1 atom stereocenters. The summed E-state index contributed by atoms with van der Waals surface area (Å²) in [6, 6.07) is 2.15. The largest absolute Gasteiger partial charge is 0.478 e. The first kappa shape index (κ1) is 14.0. The van der Waals surface area contributed by atoms with Crippen LogP contribution in [0, 0.1) is 11.7 Å². The van der Waals surface area contributed by atoms with Gasteiger partial charge in [-0.1, -0.05) is 0 Å². The van der Waals surface area contributed by atoms with Gasteiger partial charge in [-0.2, -0.15) is 0 Å². The zero-order valence-corrected chi connectivity index (χ0v) is 11.4. The Morgan fingerprint density at radius 2 is 2.21 bits per heavy atom. The highest BCUT2D eigenvalue weighted by Gasteiger charge is 2.32. The maximum absolute atomic E-state index is 13.6. The third-order valence-corrected chi connectivity index (χ3v) is 3.63. The number of rotatable bonds is 3. The fourth-order valence-electron chi connectivity index (χ4n) is 2.07. The molecule has 1 aromatic rings. The Kier molecular flexibility index (Phi) is 3.86. The van der Waals surface area contributed by atoms with Crippen LogP contribution in [0.1, 0.15) is 16.8 Å². The van der Waals surface area contributed by atoms with Crippen LogP contribution >= 0.6 is 15.9 Å². The van der Waals surface area contributed by atoms with Crippen molar-refractivity contribution in [2.45, 2.75) is 6.42 Å². The van der Waals surface area contributed by atoms with Crippen molar-refractivity contribution < 1.29 is 24.2 Å². The maximum Gasteiger partial charge on any atom is 0.337 e. The number of benzene rings is 1. The SMILES string of the molecule is O=C(O)c1cc(Br)c(F)cc1N1CC(CO)CC1=O. The molecule has 0 aromatic heterocycles. The van der Waals surface area contributed by atoms with Crippen LogP contribution < -0.4 is 4.90 Å². The number of halogens is 2. The van der Waals surface area contributed by atoms with Gasteiger partial charge in [-0.05, 0) is 28.1 Å². The Morgan fingerprint density at radius 1 is 1.53 bits per heavy atom. The van der Waals surface area contributed by atoms with Gasteiger partial charge in [0.05, 0.1) is 15.7 Å². The molecule has 0 spiro atoms. The van der Waals surface area contributed by atoms with Crippen molar-refractivity contribution in [3.63, 3.8) is 0 Å². The van der Waals surface area contributed by atoms with Gasteiger partial charge < -0.3 is 15.1 Å². The molecule has 1 fully saturated rings. The average Bonchev–Trinajstić information content (AvgIpc) is 2.73. The van der Waals surface area contributed by atoms with Crippen LogP contribution in [-0.4, -0.2) is 35.2 Å². The monoisotopic (exact) mass is 331 g/mol. The Bertz CT molecular complexity index is 549. The van der Waals surface area contributed by atoms with Crippen LogP contribution in [0.5, 0.6) is 0 Å². The third-order valence-electron chi connectivity index (χ3n) is 3.02. The smallest absolute Gasteiger partial charge is 0.337 e. The van der Waals surface area contributed by atoms with Gasteiger partial charge in [-0.15, -0.1) is 0 Å². The number of carbonyl (C=O) groups excluding carboxylic acids is 1. The highest BCUT2D eigenvalue weighted by Crippen LogP contribution is 2.31. The molecule has 0 saturated carbocycles. The minimum atomic E-state index is -1.24. The van der Waals surface area contributed by atoms with Crippen molar-refractivity contribution in [2.75, 3.05) is 18.1 Å². The molecule has 2 rings (SSSR count). The third kappa shape index (κ3) is 2.62. The lowest BCUT2D eigenvalue weighted by atomic mass is 10.1. The molecule has 1 aliphatic rings. The summed E-state index contributed by atoms with van der Waals surface area (Å²) in [4.78, 5) is 24.2. The number of amides is 1. The molecule has 7 heteroatoms. The van der Waals surface area contributed by atoms with E-state index >= 15 is 0 Å². The molecule has 0 radical (unpaired) electrons. The fraction of sp³-hybridized carbons (Fsp3) is 0.333. The quantitative estimate of drug-likeness (QED) is 0.882. The van der Waals surface area contributed by atoms with E-state index in [1.807, 2.05) is 0 Å². The van der Waals surface area contributed by atoms with Gasteiger partial charge in [0, 0.05) is 25.5 Å². The number of carbonyl (C=O) groups is 2. The zero-order valence-electron chi connectivity index (χ0n) is 9.77. The lowest BCUT2D eigenvalue weighted by Crippen LogP contribution is -2.27. The number of aliphatic hydroxyl groups is 1. The Labute approximate surface area is 116 Å². The summed E-state index contributed by atoms with van der Waals surface area (Å²) in [5, 5.41) is 18.2. The summed E-state index contributed by atoms with van der Waals surface area (Å²) in [6.07, 6.45) is 0.132. The zero-order chi connectivity index (χ0) is 14.2. The average molecular weight is 332 g/mol. The van der Waals surface area contributed by atoms with Crippen LogP contribution in [0.2, 0.25) is 0 Å². The first-order valence-corrected chi connectivity index (χ1v) is 6.37. The van der Waals surface area contributed by atoms with E-state index in [4.69, 9.17) is 10.2 Å². The van der Waals surface area contributed by atoms with Crippen molar-refractivity contribution in [3.05, 3.63) is 28.0 Å². The standard InChI is InChI=1S/C12H11BrFNO4/c13-8-2-7(12(18)19)10(3-9(8)14)15-4-6(5-16)1-11(15)17/h2-3,6,16H,1,4-5H2,(H,18,19). The normalized spacial score (nSPS) is 19.0. The van der Waals surface area contributed by atoms with E-state index in [9.17, 15) is 14.0 Å². The van der Waals surface area contributed by atoms with Crippen molar-refractivity contribution in [2.24, 2.45) is 5.92 Å². The predicted octanol–water partition coefficient (Wildman–Crippen LogP) is 1.63. The first-order valence-electron chi connectivity index (χ1n) is 5.57. The molecule has 1 heterocycles. The molecule has 5 nitrogen and oxygen atoms in total. The van der Waals surface area contributed by atoms with Crippen LogP contribution in [0.3, 0.4) is 0 Å².